The Balaban J connectivity index is 1.61. The Morgan fingerprint density at radius 2 is 2.11 bits per heavy atom. The fraction of sp³-hybridized carbons (Fsp3) is 0.250. The van der Waals surface area contributed by atoms with Gasteiger partial charge in [0.25, 0.3) is 0 Å². The zero-order valence-electron chi connectivity index (χ0n) is 15.8. The van der Waals surface area contributed by atoms with Crippen LogP contribution < -0.4 is 10.1 Å². The largest absolute Gasteiger partial charge is 0.479 e. The average molecular weight is 398 g/mol. The predicted molar refractivity (Wildman–Crippen MR) is 107 cm³/mol. The summed E-state index contributed by atoms with van der Waals surface area (Å²) in [6, 6.07) is 9.68. The number of methoxy groups -OCH3 is 1. The van der Waals surface area contributed by atoms with E-state index in [1.165, 1.54) is 0 Å². The SMILES string of the molecule is COc1nc(C2=NOCC(c3ccc(C)c(Cl)c3)N2)ccc1-n1cnc(C)c1. The van der Waals surface area contributed by atoms with Crippen molar-refractivity contribution >= 4 is 17.4 Å². The number of halogens is 1. The second-order valence-electron chi connectivity index (χ2n) is 6.59. The first-order chi connectivity index (χ1) is 13.5. The number of nitrogens with one attached hydrogen (secondary N) is 1. The fourth-order valence-corrected chi connectivity index (χ4v) is 3.19. The molecule has 1 unspecified atom stereocenters. The van der Waals surface area contributed by atoms with Crippen LogP contribution in [-0.2, 0) is 4.84 Å². The number of aromatic nitrogens is 3. The minimum atomic E-state index is -0.0747. The Morgan fingerprint density at radius 3 is 2.82 bits per heavy atom. The number of pyridine rings is 1. The van der Waals surface area contributed by atoms with Gasteiger partial charge in [-0.3, -0.25) is 0 Å². The van der Waals surface area contributed by atoms with E-state index in [-0.39, 0.29) is 6.04 Å². The molecule has 8 heteroatoms. The Hall–Kier alpha value is -3.06. The number of hydrogen-bond donors (Lipinski definition) is 1. The average Bonchev–Trinajstić information content (AvgIpc) is 3.15. The van der Waals surface area contributed by atoms with Crippen molar-refractivity contribution in [1.29, 1.82) is 0 Å². The summed E-state index contributed by atoms with van der Waals surface area (Å²) >= 11 is 6.27. The third-order valence-electron chi connectivity index (χ3n) is 4.57. The highest BCUT2D eigenvalue weighted by Gasteiger charge is 2.22. The summed E-state index contributed by atoms with van der Waals surface area (Å²) in [6.07, 6.45) is 3.64. The molecule has 3 aromatic rings. The van der Waals surface area contributed by atoms with Gasteiger partial charge in [-0.05, 0) is 43.2 Å². The minimum absolute atomic E-state index is 0.0747. The van der Waals surface area contributed by atoms with Crippen molar-refractivity contribution in [2.24, 2.45) is 5.16 Å². The molecule has 0 saturated heterocycles. The third kappa shape index (κ3) is 3.53. The number of ether oxygens (including phenoxy) is 1. The molecule has 1 N–H and O–H groups in total. The van der Waals surface area contributed by atoms with Crippen molar-refractivity contribution in [2.75, 3.05) is 13.7 Å². The molecule has 7 nitrogen and oxygen atoms in total. The highest BCUT2D eigenvalue weighted by atomic mass is 35.5. The van der Waals surface area contributed by atoms with Gasteiger partial charge in [0.15, 0.2) is 5.84 Å². The molecule has 144 valence electrons. The van der Waals surface area contributed by atoms with Gasteiger partial charge in [-0.15, -0.1) is 0 Å². The summed E-state index contributed by atoms with van der Waals surface area (Å²) in [5.41, 5.74) is 4.40. The molecule has 1 aliphatic rings. The standard InChI is InChI=1S/C20H20ClN5O2/c1-12-4-5-14(8-15(12)21)17-10-28-25-19(23-17)16-6-7-18(20(24-16)27-3)26-9-13(2)22-11-26/h4-9,11,17H,10H2,1-3H3,(H,23,25). The molecule has 2 aromatic heterocycles. The number of rotatable bonds is 4. The quantitative estimate of drug-likeness (QED) is 0.728. The molecule has 0 fully saturated rings. The second kappa shape index (κ2) is 7.52. The number of oxime groups is 1. The van der Waals surface area contributed by atoms with Crippen LogP contribution in [0, 0.1) is 13.8 Å². The summed E-state index contributed by atoms with van der Waals surface area (Å²) < 4.78 is 7.35. The zero-order chi connectivity index (χ0) is 19.7. The summed E-state index contributed by atoms with van der Waals surface area (Å²) in [4.78, 5) is 14.3. The van der Waals surface area contributed by atoms with Crippen LogP contribution in [0.3, 0.4) is 0 Å². The highest BCUT2D eigenvalue weighted by Crippen LogP contribution is 2.25. The highest BCUT2D eigenvalue weighted by molar-refractivity contribution is 6.31. The molecule has 28 heavy (non-hydrogen) atoms. The Bertz CT molecular complexity index is 1050. The molecule has 0 spiro atoms. The lowest BCUT2D eigenvalue weighted by Gasteiger charge is -2.24. The summed E-state index contributed by atoms with van der Waals surface area (Å²) in [5.74, 6) is 1.01. The molecule has 1 atom stereocenters. The maximum atomic E-state index is 6.27. The van der Waals surface area contributed by atoms with E-state index >= 15 is 0 Å². The molecule has 0 saturated carbocycles. The van der Waals surface area contributed by atoms with E-state index in [1.54, 1.807) is 13.4 Å². The molecule has 1 aliphatic heterocycles. The van der Waals surface area contributed by atoms with E-state index in [1.807, 2.05) is 54.9 Å². The maximum absolute atomic E-state index is 6.27. The first-order valence-electron chi connectivity index (χ1n) is 8.84. The Labute approximate surface area is 168 Å². The summed E-state index contributed by atoms with van der Waals surface area (Å²) in [6.45, 7) is 4.32. The maximum Gasteiger partial charge on any atom is 0.238 e. The van der Waals surface area contributed by atoms with Gasteiger partial charge in [0.2, 0.25) is 5.88 Å². The van der Waals surface area contributed by atoms with Crippen LogP contribution in [0.25, 0.3) is 5.69 Å². The van der Waals surface area contributed by atoms with Gasteiger partial charge in [-0.25, -0.2) is 9.97 Å². The first kappa shape index (κ1) is 18.3. The fourth-order valence-electron chi connectivity index (χ4n) is 3.00. The van der Waals surface area contributed by atoms with Gasteiger partial charge in [0.1, 0.15) is 18.0 Å². The number of nitrogens with zero attached hydrogens (tertiary/aromatic N) is 4. The van der Waals surface area contributed by atoms with Gasteiger partial charge in [-0.2, -0.15) is 0 Å². The topological polar surface area (TPSA) is 73.6 Å². The van der Waals surface area contributed by atoms with Crippen molar-refractivity contribution in [1.82, 2.24) is 19.9 Å². The van der Waals surface area contributed by atoms with Crippen molar-refractivity contribution in [3.63, 3.8) is 0 Å². The molecule has 0 amide bonds. The van der Waals surface area contributed by atoms with Crippen molar-refractivity contribution in [3.8, 4) is 11.6 Å². The van der Waals surface area contributed by atoms with Crippen LogP contribution >= 0.6 is 11.6 Å². The molecule has 3 heterocycles. The summed E-state index contributed by atoms with van der Waals surface area (Å²) in [7, 11) is 1.59. The van der Waals surface area contributed by atoms with E-state index in [4.69, 9.17) is 21.2 Å². The number of imidazole rings is 1. The van der Waals surface area contributed by atoms with Crippen LogP contribution in [0.2, 0.25) is 5.02 Å². The van der Waals surface area contributed by atoms with Crippen LogP contribution in [0.5, 0.6) is 5.88 Å². The molecule has 0 aliphatic carbocycles. The van der Waals surface area contributed by atoms with E-state index in [0.717, 1.165) is 27.5 Å². The lowest BCUT2D eigenvalue weighted by atomic mass is 10.1. The summed E-state index contributed by atoms with van der Waals surface area (Å²) in [5, 5.41) is 8.23. The van der Waals surface area contributed by atoms with Gasteiger partial charge >= 0.3 is 0 Å². The third-order valence-corrected chi connectivity index (χ3v) is 4.98. The molecule has 4 rings (SSSR count). The normalized spacial score (nSPS) is 16.1. The molecule has 0 radical (unpaired) electrons. The van der Waals surface area contributed by atoms with E-state index in [0.29, 0.717) is 24.0 Å². The van der Waals surface area contributed by atoms with Crippen molar-refractivity contribution in [2.45, 2.75) is 19.9 Å². The van der Waals surface area contributed by atoms with E-state index < -0.39 is 0 Å². The van der Waals surface area contributed by atoms with Crippen LogP contribution in [-0.4, -0.2) is 34.1 Å². The Kier molecular flexibility index (Phi) is 4.92. The van der Waals surface area contributed by atoms with Crippen molar-refractivity contribution < 1.29 is 9.57 Å². The number of hydrogen-bond acceptors (Lipinski definition) is 6. The van der Waals surface area contributed by atoms with Gasteiger partial charge in [-0.1, -0.05) is 28.9 Å². The molecular formula is C20H20ClN5O2. The smallest absolute Gasteiger partial charge is 0.238 e. The molecular weight excluding hydrogens is 378 g/mol. The second-order valence-corrected chi connectivity index (χ2v) is 7.00. The monoisotopic (exact) mass is 397 g/mol. The Morgan fingerprint density at radius 1 is 1.25 bits per heavy atom. The van der Waals surface area contributed by atoms with E-state index in [9.17, 15) is 0 Å². The van der Waals surface area contributed by atoms with Crippen LogP contribution in [0.4, 0.5) is 0 Å². The van der Waals surface area contributed by atoms with E-state index in [2.05, 4.69) is 20.4 Å². The number of aryl methyl sites for hydroxylation is 2. The zero-order valence-corrected chi connectivity index (χ0v) is 16.6. The van der Waals surface area contributed by atoms with Crippen molar-refractivity contribution in [3.05, 3.63) is 70.4 Å². The predicted octanol–water partition coefficient (Wildman–Crippen LogP) is 3.57. The number of amidine groups is 1. The van der Waals surface area contributed by atoms with Crippen LogP contribution in [0.15, 0.2) is 48.0 Å². The molecule has 1 aromatic carbocycles. The molecule has 0 bridgehead atoms. The first-order valence-corrected chi connectivity index (χ1v) is 9.22. The van der Waals surface area contributed by atoms with Gasteiger partial charge < -0.3 is 19.5 Å². The lowest BCUT2D eigenvalue weighted by molar-refractivity contribution is 0.109. The lowest BCUT2D eigenvalue weighted by Crippen LogP contribution is -2.36. The van der Waals surface area contributed by atoms with Gasteiger partial charge in [0, 0.05) is 11.2 Å². The van der Waals surface area contributed by atoms with Crippen LogP contribution in [0.1, 0.15) is 28.6 Å². The van der Waals surface area contributed by atoms with Gasteiger partial charge in [0.05, 0.1) is 25.2 Å². The number of benzene rings is 1. The minimum Gasteiger partial charge on any atom is -0.479 e.